The largest absolute Gasteiger partial charge is 0.367 e. The van der Waals surface area contributed by atoms with E-state index >= 15 is 0 Å². The summed E-state index contributed by atoms with van der Waals surface area (Å²) in [5, 5.41) is 3.57. The number of piperazine rings is 1. The molecule has 0 amide bonds. The second-order valence-corrected chi connectivity index (χ2v) is 7.12. The summed E-state index contributed by atoms with van der Waals surface area (Å²) in [5.74, 6) is 1.84. The van der Waals surface area contributed by atoms with E-state index in [1.54, 1.807) is 0 Å². The third kappa shape index (κ3) is 4.28. The molecule has 5 nitrogen and oxygen atoms in total. The van der Waals surface area contributed by atoms with Gasteiger partial charge in [0.1, 0.15) is 5.82 Å². The lowest BCUT2D eigenvalue weighted by Crippen LogP contribution is -2.46. The van der Waals surface area contributed by atoms with Crippen molar-refractivity contribution in [2.75, 3.05) is 36.4 Å². The highest BCUT2D eigenvalue weighted by molar-refractivity contribution is 5.42. The topological polar surface area (TPSA) is 44.3 Å². The van der Waals surface area contributed by atoms with Crippen LogP contribution in [0, 0.1) is 0 Å². The lowest BCUT2D eigenvalue weighted by molar-refractivity contribution is 0.248. The zero-order chi connectivity index (χ0) is 16.9. The van der Waals surface area contributed by atoms with E-state index in [-0.39, 0.29) is 0 Å². The number of hydrogen-bond donors (Lipinski definition) is 1. The van der Waals surface area contributed by atoms with E-state index in [4.69, 9.17) is 4.98 Å². The molecular weight excluding hydrogens is 310 g/mol. The molecule has 2 heterocycles. The molecule has 25 heavy (non-hydrogen) atoms. The van der Waals surface area contributed by atoms with Gasteiger partial charge in [0.15, 0.2) is 0 Å². The first-order valence-corrected chi connectivity index (χ1v) is 9.48. The van der Waals surface area contributed by atoms with Crippen LogP contribution >= 0.6 is 0 Å². The average molecular weight is 337 g/mol. The van der Waals surface area contributed by atoms with Crippen LogP contribution in [0.3, 0.4) is 0 Å². The van der Waals surface area contributed by atoms with E-state index in [1.807, 2.05) is 12.3 Å². The summed E-state index contributed by atoms with van der Waals surface area (Å²) in [6.07, 6.45) is 7.07. The average Bonchev–Trinajstić information content (AvgIpc) is 3.16. The van der Waals surface area contributed by atoms with Gasteiger partial charge in [-0.1, -0.05) is 43.2 Å². The minimum absolute atomic E-state index is 0.588. The van der Waals surface area contributed by atoms with Gasteiger partial charge in [0.2, 0.25) is 5.95 Å². The third-order valence-corrected chi connectivity index (χ3v) is 5.25. The molecule has 1 aromatic heterocycles. The van der Waals surface area contributed by atoms with Crippen molar-refractivity contribution in [2.24, 2.45) is 0 Å². The number of aromatic nitrogens is 2. The molecule has 2 aliphatic rings. The van der Waals surface area contributed by atoms with Crippen molar-refractivity contribution in [3.8, 4) is 0 Å². The quantitative estimate of drug-likeness (QED) is 0.908. The highest BCUT2D eigenvalue weighted by Crippen LogP contribution is 2.22. The fraction of sp³-hybridized carbons (Fsp3) is 0.500. The van der Waals surface area contributed by atoms with Gasteiger partial charge in [-0.2, -0.15) is 4.98 Å². The van der Waals surface area contributed by atoms with Crippen LogP contribution in [0.2, 0.25) is 0 Å². The van der Waals surface area contributed by atoms with Gasteiger partial charge in [-0.15, -0.1) is 0 Å². The van der Waals surface area contributed by atoms with Crippen LogP contribution in [0.25, 0.3) is 0 Å². The van der Waals surface area contributed by atoms with Crippen molar-refractivity contribution in [3.63, 3.8) is 0 Å². The predicted octanol–water partition coefficient (Wildman–Crippen LogP) is 3.15. The van der Waals surface area contributed by atoms with Crippen molar-refractivity contribution in [1.29, 1.82) is 0 Å². The summed E-state index contributed by atoms with van der Waals surface area (Å²) in [7, 11) is 0. The number of nitrogens with zero attached hydrogens (tertiary/aromatic N) is 4. The maximum atomic E-state index is 4.75. The summed E-state index contributed by atoms with van der Waals surface area (Å²) in [5.41, 5.74) is 1.38. The van der Waals surface area contributed by atoms with Crippen LogP contribution in [-0.4, -0.2) is 47.1 Å². The van der Waals surface area contributed by atoms with Crippen molar-refractivity contribution in [1.82, 2.24) is 14.9 Å². The Balaban J connectivity index is 1.32. The predicted molar refractivity (Wildman–Crippen MR) is 102 cm³/mol. The van der Waals surface area contributed by atoms with Gasteiger partial charge < -0.3 is 10.2 Å². The van der Waals surface area contributed by atoms with Gasteiger partial charge in [0.25, 0.3) is 0 Å². The van der Waals surface area contributed by atoms with E-state index in [9.17, 15) is 0 Å². The molecule has 2 fully saturated rings. The molecule has 1 saturated heterocycles. The van der Waals surface area contributed by atoms with Gasteiger partial charge in [0, 0.05) is 45.0 Å². The Morgan fingerprint density at radius 2 is 1.72 bits per heavy atom. The Labute approximate surface area is 150 Å². The van der Waals surface area contributed by atoms with Crippen LogP contribution in [0.5, 0.6) is 0 Å². The van der Waals surface area contributed by atoms with Crippen LogP contribution in [-0.2, 0) is 6.54 Å². The summed E-state index contributed by atoms with van der Waals surface area (Å²) >= 11 is 0. The maximum Gasteiger partial charge on any atom is 0.227 e. The summed E-state index contributed by atoms with van der Waals surface area (Å²) in [6, 6.07) is 13.3. The highest BCUT2D eigenvalue weighted by atomic mass is 15.3. The van der Waals surface area contributed by atoms with Crippen LogP contribution in [0.4, 0.5) is 11.8 Å². The summed E-state index contributed by atoms with van der Waals surface area (Å²) in [4.78, 5) is 14.1. The molecule has 0 bridgehead atoms. The molecule has 0 atom stereocenters. The van der Waals surface area contributed by atoms with Gasteiger partial charge in [-0.3, -0.25) is 4.90 Å². The first-order chi connectivity index (χ1) is 12.4. The fourth-order valence-corrected chi connectivity index (χ4v) is 3.81. The molecule has 132 valence electrons. The Bertz CT molecular complexity index is 661. The summed E-state index contributed by atoms with van der Waals surface area (Å²) in [6.45, 7) is 5.11. The molecule has 0 spiro atoms. The van der Waals surface area contributed by atoms with Crippen LogP contribution in [0.15, 0.2) is 42.6 Å². The van der Waals surface area contributed by atoms with Crippen molar-refractivity contribution < 1.29 is 0 Å². The molecule has 1 aliphatic heterocycles. The van der Waals surface area contributed by atoms with Gasteiger partial charge in [0.05, 0.1) is 0 Å². The zero-order valence-corrected chi connectivity index (χ0v) is 14.8. The standard InChI is InChI=1S/C20H27N5/c1-2-6-17(7-3-1)16-24-12-14-25(15-13-24)20-21-11-10-19(23-20)22-18-8-4-5-9-18/h1-3,6-7,10-11,18H,4-5,8-9,12-16H2,(H,21,22,23). The summed E-state index contributed by atoms with van der Waals surface area (Å²) < 4.78 is 0. The number of rotatable bonds is 5. The number of nitrogens with one attached hydrogen (secondary N) is 1. The third-order valence-electron chi connectivity index (χ3n) is 5.25. The molecule has 1 saturated carbocycles. The molecule has 5 heteroatoms. The number of benzene rings is 1. The Morgan fingerprint density at radius 1 is 0.960 bits per heavy atom. The van der Waals surface area contributed by atoms with Crippen LogP contribution < -0.4 is 10.2 Å². The molecule has 0 radical (unpaired) electrons. The van der Waals surface area contributed by atoms with Gasteiger partial charge in [-0.25, -0.2) is 4.98 Å². The van der Waals surface area contributed by atoms with Crippen molar-refractivity contribution in [3.05, 3.63) is 48.2 Å². The van der Waals surface area contributed by atoms with Crippen molar-refractivity contribution >= 4 is 11.8 Å². The van der Waals surface area contributed by atoms with Crippen LogP contribution in [0.1, 0.15) is 31.2 Å². The SMILES string of the molecule is c1ccc(CN2CCN(c3nccc(NC4CCCC4)n3)CC2)cc1. The normalized spacial score (nSPS) is 19.3. The fourth-order valence-electron chi connectivity index (χ4n) is 3.81. The van der Waals surface area contributed by atoms with Crippen molar-refractivity contribution in [2.45, 2.75) is 38.3 Å². The second kappa shape index (κ2) is 7.83. The van der Waals surface area contributed by atoms with E-state index < -0.39 is 0 Å². The van der Waals surface area contributed by atoms with E-state index in [0.717, 1.165) is 44.5 Å². The molecule has 1 aliphatic carbocycles. The van der Waals surface area contributed by atoms with Gasteiger partial charge >= 0.3 is 0 Å². The van der Waals surface area contributed by atoms with E-state index in [2.05, 4.69) is 50.4 Å². The monoisotopic (exact) mass is 337 g/mol. The molecule has 1 N–H and O–H groups in total. The first kappa shape index (κ1) is 16.3. The molecule has 0 unspecified atom stereocenters. The maximum absolute atomic E-state index is 4.75. The molecule has 1 aromatic carbocycles. The number of hydrogen-bond acceptors (Lipinski definition) is 5. The Hall–Kier alpha value is -2.14. The van der Waals surface area contributed by atoms with E-state index in [0.29, 0.717) is 6.04 Å². The molecule has 2 aromatic rings. The first-order valence-electron chi connectivity index (χ1n) is 9.48. The molecular formula is C20H27N5. The smallest absolute Gasteiger partial charge is 0.227 e. The highest BCUT2D eigenvalue weighted by Gasteiger charge is 2.20. The Morgan fingerprint density at radius 3 is 2.48 bits per heavy atom. The lowest BCUT2D eigenvalue weighted by atomic mass is 10.2. The number of anilines is 2. The zero-order valence-electron chi connectivity index (χ0n) is 14.8. The van der Waals surface area contributed by atoms with E-state index in [1.165, 1.54) is 31.2 Å². The minimum atomic E-state index is 0.588. The minimum Gasteiger partial charge on any atom is -0.367 e. The Kier molecular flexibility index (Phi) is 5.11. The molecule has 4 rings (SSSR count). The van der Waals surface area contributed by atoms with Gasteiger partial charge in [-0.05, 0) is 24.5 Å². The lowest BCUT2D eigenvalue weighted by Gasteiger charge is -2.34. The second-order valence-electron chi connectivity index (χ2n) is 7.12.